The smallest absolute Gasteiger partial charge is 0.433 e. The fourth-order valence-electron chi connectivity index (χ4n) is 7.02. The molecule has 9 nitrogen and oxygen atoms in total. The van der Waals surface area contributed by atoms with Crippen molar-refractivity contribution in [3.05, 3.63) is 64.3 Å². The second kappa shape index (κ2) is 10.3. The van der Waals surface area contributed by atoms with Gasteiger partial charge in [-0.2, -0.15) is 18.2 Å². The molecule has 0 bridgehead atoms. The number of benzene rings is 1. The van der Waals surface area contributed by atoms with Gasteiger partial charge in [0, 0.05) is 13.0 Å². The van der Waals surface area contributed by atoms with E-state index in [-0.39, 0.29) is 29.1 Å². The molecular weight excluding hydrogens is 716 g/mol. The molecule has 2 saturated heterocycles. The molecule has 1 aromatic heterocycles. The number of allylic oxidation sites excluding steroid dienone is 2. The Hall–Kier alpha value is -2.87. The van der Waals surface area contributed by atoms with Crippen molar-refractivity contribution in [2.45, 2.75) is 34.7 Å². The molecule has 16 heteroatoms. The van der Waals surface area contributed by atoms with Crippen LogP contribution in [0.3, 0.4) is 0 Å². The summed E-state index contributed by atoms with van der Waals surface area (Å²) >= 11 is 23.6. The number of nitrogens with zero attached hydrogens (tertiary/aromatic N) is 4. The zero-order valence-electron chi connectivity index (χ0n) is 22.5. The molecule has 44 heavy (non-hydrogen) atoms. The van der Waals surface area contributed by atoms with Crippen LogP contribution < -0.4 is 5.01 Å². The van der Waals surface area contributed by atoms with E-state index in [0.29, 0.717) is 22.2 Å². The van der Waals surface area contributed by atoms with Crippen LogP contribution in [0.2, 0.25) is 5.02 Å². The van der Waals surface area contributed by atoms with E-state index in [1.54, 1.807) is 12.1 Å². The van der Waals surface area contributed by atoms with Gasteiger partial charge in [0.25, 0.3) is 23.6 Å². The third-order valence-electron chi connectivity index (χ3n) is 8.92. The number of carbonyl (C=O) groups is 4. The molecule has 6 rings (SSSR count). The van der Waals surface area contributed by atoms with Crippen LogP contribution in [0, 0.1) is 17.8 Å². The highest BCUT2D eigenvalue weighted by Crippen LogP contribution is 2.65. The molecule has 4 amide bonds. The number of phenolic OH excluding ortho intramolecular Hbond substituents is 1. The van der Waals surface area contributed by atoms with Crippen molar-refractivity contribution in [3.63, 3.8) is 0 Å². The van der Waals surface area contributed by atoms with Gasteiger partial charge < -0.3 is 5.11 Å². The van der Waals surface area contributed by atoms with Crippen LogP contribution >= 0.6 is 50.7 Å². The van der Waals surface area contributed by atoms with Gasteiger partial charge in [0.05, 0.1) is 22.3 Å². The van der Waals surface area contributed by atoms with Crippen LogP contribution in [0.4, 0.5) is 19.0 Å². The summed E-state index contributed by atoms with van der Waals surface area (Å²) in [4.78, 5) is 55.6. The number of halogens is 7. The Labute approximate surface area is 271 Å². The van der Waals surface area contributed by atoms with E-state index >= 15 is 0 Å². The largest absolute Gasteiger partial charge is 0.508 e. The van der Waals surface area contributed by atoms with Gasteiger partial charge in [-0.15, -0.1) is 23.2 Å². The Morgan fingerprint density at radius 2 is 1.80 bits per heavy atom. The maximum Gasteiger partial charge on any atom is 0.433 e. The number of fused-ring (bicyclic) bond motifs is 4. The SMILES string of the molecule is CN(c1nc(C(F)(F)F)ccc1Cl)N1C(=O)[C@H]2[C@H](CC=C3[C@H]2C[C@@]2(Cl)C(=O)N(CBr)C(=O)[C@@]2(Cl)[C@H]3c2cccc(O)c2)C1=O. The van der Waals surface area contributed by atoms with E-state index < -0.39 is 74.7 Å². The molecule has 2 aliphatic carbocycles. The van der Waals surface area contributed by atoms with Crippen LogP contribution in [0.25, 0.3) is 0 Å². The molecule has 0 radical (unpaired) electrons. The lowest BCUT2D eigenvalue weighted by molar-refractivity contribution is -0.142. The average molecular weight is 737 g/mol. The maximum absolute atomic E-state index is 14.1. The molecule has 1 saturated carbocycles. The van der Waals surface area contributed by atoms with Crippen LogP contribution in [0.1, 0.15) is 30.0 Å². The van der Waals surface area contributed by atoms with E-state index in [1.807, 2.05) is 0 Å². The zero-order valence-corrected chi connectivity index (χ0v) is 26.3. The molecule has 2 aromatic rings. The van der Waals surface area contributed by atoms with E-state index in [9.17, 15) is 37.5 Å². The predicted molar refractivity (Wildman–Crippen MR) is 156 cm³/mol. The molecule has 0 unspecified atom stereocenters. The summed E-state index contributed by atoms with van der Waals surface area (Å²) in [5, 5.41) is 11.7. The Bertz CT molecular complexity index is 1680. The number of pyridine rings is 1. The van der Waals surface area contributed by atoms with Crippen molar-refractivity contribution in [3.8, 4) is 5.75 Å². The average Bonchev–Trinajstić information content (AvgIpc) is 3.29. The fourth-order valence-corrected chi connectivity index (χ4v) is 8.67. The molecule has 232 valence electrons. The first-order valence-corrected chi connectivity index (χ1v) is 15.5. The first-order valence-electron chi connectivity index (χ1n) is 13.2. The summed E-state index contributed by atoms with van der Waals surface area (Å²) in [5.41, 5.74) is -0.616. The summed E-state index contributed by atoms with van der Waals surface area (Å²) in [5.74, 6) is -7.64. The first kappa shape index (κ1) is 31.1. The van der Waals surface area contributed by atoms with Gasteiger partial charge in [0.15, 0.2) is 15.6 Å². The zero-order chi connectivity index (χ0) is 32.1. The summed E-state index contributed by atoms with van der Waals surface area (Å²) < 4.78 is 40.3. The highest BCUT2D eigenvalue weighted by molar-refractivity contribution is 9.09. The third kappa shape index (κ3) is 4.15. The van der Waals surface area contributed by atoms with Gasteiger partial charge in [-0.3, -0.25) is 29.1 Å². The van der Waals surface area contributed by atoms with E-state index in [0.717, 1.165) is 16.0 Å². The molecule has 0 spiro atoms. The van der Waals surface area contributed by atoms with Gasteiger partial charge in [0.2, 0.25) is 0 Å². The minimum Gasteiger partial charge on any atom is -0.508 e. The Morgan fingerprint density at radius 3 is 2.43 bits per heavy atom. The van der Waals surface area contributed by atoms with Crippen molar-refractivity contribution < 1.29 is 37.5 Å². The number of hydrazine groups is 1. The molecule has 6 atom stereocenters. The molecule has 3 heterocycles. The van der Waals surface area contributed by atoms with Crippen molar-refractivity contribution in [1.29, 1.82) is 0 Å². The standard InChI is InChI=1S/C28H21BrCl3F3N4O5/c1-37(21-17(30)7-8-18(36-21)28(33,34)35)39-22(41)15-6-5-14-16(19(15)23(39)42)10-26(31)24(43)38(11-29)25(44)27(26,32)20(14)12-3-2-4-13(40)9-12/h2-5,7-9,15-16,19-20,40H,6,10-11H2,1H3/t15-,16+,19-,20-,26+,27-/m0/s1. The molecule has 4 aliphatic rings. The summed E-state index contributed by atoms with van der Waals surface area (Å²) in [7, 11) is 1.20. The lowest BCUT2D eigenvalue weighted by Gasteiger charge is -2.50. The normalized spacial score (nSPS) is 31.6. The highest BCUT2D eigenvalue weighted by Gasteiger charge is 2.76. The number of alkyl halides is 6. The first-order chi connectivity index (χ1) is 20.6. The number of carbonyl (C=O) groups excluding carboxylic acids is 4. The van der Waals surface area contributed by atoms with Crippen molar-refractivity contribution in [2.24, 2.45) is 17.8 Å². The maximum atomic E-state index is 14.1. The minimum atomic E-state index is -4.81. The van der Waals surface area contributed by atoms with Gasteiger partial charge >= 0.3 is 6.18 Å². The van der Waals surface area contributed by atoms with Crippen LogP contribution in [-0.2, 0) is 25.4 Å². The number of likely N-dealkylation sites (tertiary alicyclic amines) is 1. The number of aromatic hydroxyl groups is 1. The van der Waals surface area contributed by atoms with Gasteiger partial charge in [-0.25, -0.2) is 4.98 Å². The molecule has 1 N–H and O–H groups in total. The minimum absolute atomic E-state index is 0.0248. The molecule has 2 aliphatic heterocycles. The van der Waals surface area contributed by atoms with Crippen molar-refractivity contribution in [2.75, 3.05) is 17.5 Å². The van der Waals surface area contributed by atoms with E-state index in [2.05, 4.69) is 20.9 Å². The topological polar surface area (TPSA) is 111 Å². The lowest BCUT2D eigenvalue weighted by Crippen LogP contribution is -2.60. The van der Waals surface area contributed by atoms with E-state index in [4.69, 9.17) is 34.8 Å². The Kier molecular flexibility index (Phi) is 7.31. The summed E-state index contributed by atoms with van der Waals surface area (Å²) in [6, 6.07) is 7.60. The summed E-state index contributed by atoms with van der Waals surface area (Å²) in [6.45, 7) is 0. The van der Waals surface area contributed by atoms with Gasteiger partial charge in [-0.1, -0.05) is 51.3 Å². The molecule has 3 fully saturated rings. The fraction of sp³-hybridized carbons (Fsp3) is 0.393. The molecule has 1 aromatic carbocycles. The number of amides is 4. The van der Waals surface area contributed by atoms with Crippen molar-refractivity contribution in [1.82, 2.24) is 14.9 Å². The number of anilines is 1. The number of imide groups is 2. The highest BCUT2D eigenvalue weighted by atomic mass is 79.9. The second-order valence-corrected chi connectivity index (χ2v) is 13.2. The number of rotatable bonds is 4. The number of hydrogen-bond acceptors (Lipinski definition) is 7. The van der Waals surface area contributed by atoms with Crippen LogP contribution in [0.5, 0.6) is 5.75 Å². The van der Waals surface area contributed by atoms with Crippen LogP contribution in [0.15, 0.2) is 48.0 Å². The number of phenols is 1. The van der Waals surface area contributed by atoms with Gasteiger partial charge in [0.1, 0.15) is 11.4 Å². The lowest BCUT2D eigenvalue weighted by atomic mass is 9.56. The Balaban J connectivity index is 1.46. The second-order valence-electron chi connectivity index (χ2n) is 11.1. The molecular formula is C28H21BrCl3F3N4O5. The monoisotopic (exact) mass is 734 g/mol. The van der Waals surface area contributed by atoms with Crippen molar-refractivity contribution >= 4 is 80.2 Å². The number of hydrogen-bond donors (Lipinski definition) is 1. The third-order valence-corrected chi connectivity index (χ3v) is 11.1. The Morgan fingerprint density at radius 1 is 1.09 bits per heavy atom. The predicted octanol–water partition coefficient (Wildman–Crippen LogP) is 5.22. The van der Waals surface area contributed by atoms with E-state index in [1.165, 1.54) is 25.2 Å². The van der Waals surface area contributed by atoms with Gasteiger partial charge in [-0.05, 0) is 48.6 Å². The van der Waals surface area contributed by atoms with Crippen LogP contribution in [-0.4, -0.2) is 65.9 Å². The quantitative estimate of drug-likeness (QED) is 0.198. The summed E-state index contributed by atoms with van der Waals surface area (Å²) in [6.07, 6.45) is -3.38. The number of aromatic nitrogens is 1.